The molecule has 2 fully saturated rings. The van der Waals surface area contributed by atoms with Gasteiger partial charge in [0.05, 0.1) is 18.5 Å². The molecule has 160 valence electrons. The summed E-state index contributed by atoms with van der Waals surface area (Å²) in [5, 5.41) is 6.18. The molecule has 10 nitrogen and oxygen atoms in total. The van der Waals surface area contributed by atoms with Crippen molar-refractivity contribution < 1.29 is 23.5 Å². The highest BCUT2D eigenvalue weighted by atomic mass is 16.5. The molecule has 0 spiro atoms. The number of nitrogens with zero attached hydrogens (tertiary/aromatic N) is 2. The summed E-state index contributed by atoms with van der Waals surface area (Å²) < 4.78 is 11.0. The van der Waals surface area contributed by atoms with Crippen LogP contribution in [0.2, 0.25) is 0 Å². The maximum atomic E-state index is 12.9. The Kier molecular flexibility index (Phi) is 5.58. The maximum absolute atomic E-state index is 12.9. The predicted molar refractivity (Wildman–Crippen MR) is 108 cm³/mol. The first-order chi connectivity index (χ1) is 14.4. The third-order valence-corrected chi connectivity index (χ3v) is 5.50. The fourth-order valence-electron chi connectivity index (χ4n) is 3.91. The first kappa shape index (κ1) is 20.1. The van der Waals surface area contributed by atoms with Gasteiger partial charge in [-0.15, -0.1) is 0 Å². The van der Waals surface area contributed by atoms with Crippen LogP contribution in [0.4, 0.5) is 10.5 Å². The van der Waals surface area contributed by atoms with Crippen molar-refractivity contribution in [1.82, 2.24) is 15.2 Å². The van der Waals surface area contributed by atoms with Gasteiger partial charge in [0.25, 0.3) is 11.8 Å². The Morgan fingerprint density at radius 1 is 1.23 bits per heavy atom. The minimum absolute atomic E-state index is 0.115. The molecule has 10 heteroatoms. The van der Waals surface area contributed by atoms with Crippen LogP contribution in [0.3, 0.4) is 0 Å². The normalized spacial score (nSPS) is 19.8. The number of fused-ring (bicyclic) bond motifs is 1. The number of carbonyl (C=O) groups excluding carboxylic acids is 3. The molecular formula is C20H25N5O5. The number of amides is 4. The van der Waals surface area contributed by atoms with Gasteiger partial charge in [0, 0.05) is 18.3 Å². The molecule has 1 unspecified atom stereocenters. The number of pyridine rings is 1. The van der Waals surface area contributed by atoms with Crippen molar-refractivity contribution >= 4 is 34.6 Å². The number of furan rings is 1. The van der Waals surface area contributed by atoms with E-state index in [9.17, 15) is 14.4 Å². The molecule has 1 saturated heterocycles. The van der Waals surface area contributed by atoms with Gasteiger partial charge in [0.2, 0.25) is 11.5 Å². The Morgan fingerprint density at radius 2 is 2.00 bits per heavy atom. The summed E-state index contributed by atoms with van der Waals surface area (Å²) in [5.41, 5.74) is 6.51. The molecule has 0 bridgehead atoms. The molecule has 2 aromatic heterocycles. The fourth-order valence-corrected chi connectivity index (χ4v) is 3.91. The lowest BCUT2D eigenvalue weighted by molar-refractivity contribution is -0.137. The van der Waals surface area contributed by atoms with Crippen LogP contribution in [0.25, 0.3) is 11.1 Å². The second-order valence-electron chi connectivity index (χ2n) is 7.70. The van der Waals surface area contributed by atoms with E-state index in [2.05, 4.69) is 15.6 Å². The Bertz CT molecular complexity index is 981. The first-order valence-electron chi connectivity index (χ1n) is 10.1. The lowest BCUT2D eigenvalue weighted by atomic mass is 10.2. The largest absolute Gasteiger partial charge is 0.430 e. The summed E-state index contributed by atoms with van der Waals surface area (Å²) in [4.78, 5) is 42.9. The summed E-state index contributed by atoms with van der Waals surface area (Å²) >= 11 is 0. The molecule has 4 amide bonds. The van der Waals surface area contributed by atoms with Crippen molar-refractivity contribution in [3.05, 3.63) is 23.6 Å². The van der Waals surface area contributed by atoms with Gasteiger partial charge in [-0.1, -0.05) is 12.8 Å². The van der Waals surface area contributed by atoms with Crippen molar-refractivity contribution in [1.29, 1.82) is 0 Å². The number of aryl methyl sites for hydroxylation is 1. The molecule has 4 rings (SSSR count). The van der Waals surface area contributed by atoms with Gasteiger partial charge in [0.1, 0.15) is 5.69 Å². The summed E-state index contributed by atoms with van der Waals surface area (Å²) in [7, 11) is 0. The van der Waals surface area contributed by atoms with Crippen LogP contribution in [-0.4, -0.2) is 59.6 Å². The zero-order chi connectivity index (χ0) is 21.3. The van der Waals surface area contributed by atoms with Crippen LogP contribution in [-0.2, 0) is 9.53 Å². The minimum Gasteiger partial charge on any atom is -0.430 e. The molecule has 2 aromatic rings. The van der Waals surface area contributed by atoms with Crippen LogP contribution >= 0.6 is 0 Å². The van der Waals surface area contributed by atoms with Gasteiger partial charge in [-0.05, 0) is 31.9 Å². The number of anilines is 1. The summed E-state index contributed by atoms with van der Waals surface area (Å²) in [6.07, 6.45) is 3.44. The second kappa shape index (κ2) is 8.31. The fraction of sp³-hybridized carbons (Fsp3) is 0.500. The van der Waals surface area contributed by atoms with E-state index in [1.54, 1.807) is 19.1 Å². The SMILES string of the molecule is Cc1ccc2c(NC(=O)N3CCOC(C(=O)NC4CCCC4)C3)c(C(N)=O)oc2n1. The number of hydrogen-bond acceptors (Lipinski definition) is 6. The number of rotatable bonds is 4. The maximum Gasteiger partial charge on any atom is 0.322 e. The van der Waals surface area contributed by atoms with Gasteiger partial charge in [0.15, 0.2) is 6.10 Å². The van der Waals surface area contributed by atoms with Crippen molar-refractivity contribution in [2.45, 2.75) is 44.8 Å². The minimum atomic E-state index is -0.809. The van der Waals surface area contributed by atoms with E-state index >= 15 is 0 Å². The number of hydrogen-bond donors (Lipinski definition) is 3. The summed E-state index contributed by atoms with van der Waals surface area (Å²) in [6, 6.07) is 3.16. The summed E-state index contributed by atoms with van der Waals surface area (Å²) in [5.74, 6) is -1.18. The van der Waals surface area contributed by atoms with Crippen molar-refractivity contribution in [3.63, 3.8) is 0 Å². The molecule has 30 heavy (non-hydrogen) atoms. The van der Waals surface area contributed by atoms with Crippen LogP contribution in [0.1, 0.15) is 41.9 Å². The smallest absolute Gasteiger partial charge is 0.322 e. The molecule has 3 heterocycles. The van der Waals surface area contributed by atoms with E-state index in [4.69, 9.17) is 14.9 Å². The predicted octanol–water partition coefficient (Wildman–Crippen LogP) is 1.53. The number of nitrogens with one attached hydrogen (secondary N) is 2. The average molecular weight is 415 g/mol. The lowest BCUT2D eigenvalue weighted by Gasteiger charge is -2.32. The van der Waals surface area contributed by atoms with E-state index in [1.165, 1.54) is 4.90 Å². The number of urea groups is 1. The van der Waals surface area contributed by atoms with Gasteiger partial charge < -0.3 is 30.4 Å². The second-order valence-corrected chi connectivity index (χ2v) is 7.70. The molecule has 1 aliphatic heterocycles. The molecule has 0 aromatic carbocycles. The highest BCUT2D eigenvalue weighted by Gasteiger charge is 2.32. The molecular weight excluding hydrogens is 390 g/mol. The lowest BCUT2D eigenvalue weighted by Crippen LogP contribution is -2.53. The molecule has 1 atom stereocenters. The first-order valence-corrected chi connectivity index (χ1v) is 10.1. The quantitative estimate of drug-likeness (QED) is 0.692. The van der Waals surface area contributed by atoms with E-state index < -0.39 is 18.0 Å². The topological polar surface area (TPSA) is 140 Å². The third-order valence-electron chi connectivity index (χ3n) is 5.50. The molecule has 4 N–H and O–H groups in total. The van der Waals surface area contributed by atoms with Gasteiger partial charge in [-0.25, -0.2) is 9.78 Å². The van der Waals surface area contributed by atoms with E-state index in [-0.39, 0.29) is 42.3 Å². The van der Waals surface area contributed by atoms with Gasteiger partial charge >= 0.3 is 6.03 Å². The van der Waals surface area contributed by atoms with E-state index in [0.29, 0.717) is 17.6 Å². The molecule has 1 saturated carbocycles. The Morgan fingerprint density at radius 3 is 2.73 bits per heavy atom. The molecule has 2 aliphatic rings. The van der Waals surface area contributed by atoms with Crippen LogP contribution in [0.5, 0.6) is 0 Å². The van der Waals surface area contributed by atoms with Gasteiger partial charge in [-0.2, -0.15) is 0 Å². The zero-order valence-corrected chi connectivity index (χ0v) is 16.8. The number of nitrogens with two attached hydrogens (primary N) is 1. The third kappa shape index (κ3) is 4.09. The van der Waals surface area contributed by atoms with Crippen LogP contribution < -0.4 is 16.4 Å². The van der Waals surface area contributed by atoms with Gasteiger partial charge in [-0.3, -0.25) is 9.59 Å². The number of carbonyl (C=O) groups is 3. The number of primary amides is 1. The monoisotopic (exact) mass is 415 g/mol. The highest BCUT2D eigenvalue weighted by molar-refractivity contribution is 6.09. The van der Waals surface area contributed by atoms with E-state index in [1.807, 2.05) is 0 Å². The Labute approximate surface area is 173 Å². The highest BCUT2D eigenvalue weighted by Crippen LogP contribution is 2.30. The number of aromatic nitrogens is 1. The van der Waals surface area contributed by atoms with Crippen LogP contribution in [0, 0.1) is 6.92 Å². The van der Waals surface area contributed by atoms with E-state index in [0.717, 1.165) is 25.7 Å². The van der Waals surface area contributed by atoms with Crippen LogP contribution in [0.15, 0.2) is 16.5 Å². The standard InChI is InChI=1S/C20H25N5O5/c1-11-6-7-13-15(16(17(21)26)30-19(13)22-11)24-20(28)25-8-9-29-14(10-25)18(27)23-12-4-2-3-5-12/h6-7,12,14H,2-5,8-10H2,1H3,(H2,21,26)(H,23,27)(H,24,28). The van der Waals surface area contributed by atoms with Crippen molar-refractivity contribution in [2.75, 3.05) is 25.0 Å². The summed E-state index contributed by atoms with van der Waals surface area (Å²) in [6.45, 7) is 2.46. The van der Waals surface area contributed by atoms with Crippen molar-refractivity contribution in [2.24, 2.45) is 5.73 Å². The molecule has 1 aliphatic carbocycles. The van der Waals surface area contributed by atoms with Crippen molar-refractivity contribution in [3.8, 4) is 0 Å². The Hall–Kier alpha value is -3.14. The zero-order valence-electron chi connectivity index (χ0n) is 16.8. The Balaban J connectivity index is 1.47. The average Bonchev–Trinajstić information content (AvgIpc) is 3.35. The molecule has 0 radical (unpaired) electrons. The number of morpholine rings is 1. The number of ether oxygens (including phenoxy) is 1.